The first-order valence-corrected chi connectivity index (χ1v) is 11.8. The normalized spacial score (nSPS) is 16.7. The molecule has 9 heteroatoms. The summed E-state index contributed by atoms with van der Waals surface area (Å²) in [5.74, 6) is 0.156. The summed E-state index contributed by atoms with van der Waals surface area (Å²) in [6, 6.07) is 5.86. The lowest BCUT2D eigenvalue weighted by molar-refractivity contribution is -0.140. The number of rotatable bonds is 8. The van der Waals surface area contributed by atoms with Gasteiger partial charge in [0, 0.05) is 13.5 Å². The van der Waals surface area contributed by atoms with Crippen LogP contribution in [0.4, 0.5) is 0 Å². The Morgan fingerprint density at radius 2 is 1.88 bits per heavy atom. The summed E-state index contributed by atoms with van der Waals surface area (Å²) in [4.78, 5) is 44.8. The number of aldehydes is 1. The Balaban J connectivity index is 0.000000767. The number of phenols is 1. The minimum Gasteiger partial charge on any atom is -0.508 e. The molecule has 0 bridgehead atoms. The molecule has 0 aromatic heterocycles. The van der Waals surface area contributed by atoms with Crippen molar-refractivity contribution < 1.29 is 24.3 Å². The Hall–Kier alpha value is -2.78. The number of hydrazine groups is 1. The smallest absolute Gasteiger partial charge is 0.254 e. The van der Waals surface area contributed by atoms with Gasteiger partial charge in [-0.05, 0) is 56.8 Å². The molecule has 1 aromatic carbocycles. The van der Waals surface area contributed by atoms with Crippen LogP contribution in [0.1, 0.15) is 59.9 Å². The lowest BCUT2D eigenvalue weighted by atomic mass is 10.0. The van der Waals surface area contributed by atoms with Crippen molar-refractivity contribution in [2.24, 2.45) is 5.92 Å². The standard InChI is InChI=1S/C16H23N3O3.C7H13NO2.C2H6/c1-11(20)14-7-4-8-19(18-14)16(22)15(17-2)10-12-5-3-6-13(21)9-12;1-5(2)7(4-9)8-6(3)10;1-2/h3,5-6,9,14-15,17-18,21H,4,7-8,10H2,1-2H3;4-5,7H,1-3H3,(H,8,10);1-2H3. The molecular weight excluding hydrogens is 436 g/mol. The lowest BCUT2D eigenvalue weighted by Crippen LogP contribution is -2.59. The number of carbonyl (C=O) groups is 4. The van der Waals surface area contributed by atoms with E-state index in [9.17, 15) is 24.3 Å². The minimum absolute atomic E-state index is 0.0477. The van der Waals surface area contributed by atoms with Crippen molar-refractivity contribution in [1.29, 1.82) is 0 Å². The highest BCUT2D eigenvalue weighted by Crippen LogP contribution is 2.15. The van der Waals surface area contributed by atoms with Gasteiger partial charge in [-0.1, -0.05) is 39.8 Å². The highest BCUT2D eigenvalue weighted by atomic mass is 16.3. The predicted molar refractivity (Wildman–Crippen MR) is 133 cm³/mol. The molecule has 0 saturated carbocycles. The molecule has 4 N–H and O–H groups in total. The Kier molecular flexibility index (Phi) is 15.4. The number of hydrogen-bond donors (Lipinski definition) is 4. The summed E-state index contributed by atoms with van der Waals surface area (Å²) in [5.41, 5.74) is 3.89. The molecule has 0 radical (unpaired) electrons. The fourth-order valence-corrected chi connectivity index (χ4v) is 3.25. The van der Waals surface area contributed by atoms with Crippen LogP contribution in [0.15, 0.2) is 24.3 Å². The number of nitrogens with one attached hydrogen (secondary N) is 3. The van der Waals surface area contributed by atoms with E-state index in [4.69, 9.17) is 0 Å². The van der Waals surface area contributed by atoms with Gasteiger partial charge < -0.3 is 20.5 Å². The largest absolute Gasteiger partial charge is 0.508 e. The molecule has 1 fully saturated rings. The quantitative estimate of drug-likeness (QED) is 0.421. The number of aromatic hydroxyl groups is 1. The van der Waals surface area contributed by atoms with Gasteiger partial charge in [0.2, 0.25) is 5.91 Å². The number of likely N-dealkylation sites (N-methyl/N-ethyl adjacent to an activating group) is 1. The van der Waals surface area contributed by atoms with Gasteiger partial charge in [-0.2, -0.15) is 0 Å². The second kappa shape index (κ2) is 16.8. The molecule has 0 aliphatic carbocycles. The summed E-state index contributed by atoms with van der Waals surface area (Å²) < 4.78 is 0. The maximum Gasteiger partial charge on any atom is 0.254 e. The van der Waals surface area contributed by atoms with Crippen LogP contribution in [0.25, 0.3) is 0 Å². The van der Waals surface area contributed by atoms with E-state index in [0.717, 1.165) is 24.7 Å². The van der Waals surface area contributed by atoms with Crippen molar-refractivity contribution in [2.75, 3.05) is 13.6 Å². The minimum atomic E-state index is -0.403. The van der Waals surface area contributed by atoms with E-state index in [1.54, 1.807) is 30.3 Å². The number of nitrogens with zero attached hydrogens (tertiary/aromatic N) is 1. The topological polar surface area (TPSA) is 128 Å². The fraction of sp³-hybridized carbons (Fsp3) is 0.600. The molecule has 9 nitrogen and oxygen atoms in total. The van der Waals surface area contributed by atoms with Crippen molar-refractivity contribution in [1.82, 2.24) is 21.1 Å². The monoisotopic (exact) mass is 478 g/mol. The molecule has 3 atom stereocenters. The number of Topliss-reactive ketones (excluding diaryl/α,β-unsaturated/α-hetero) is 1. The SMILES string of the molecule is CC.CC(=O)NC(C=O)C(C)C.CNC(Cc1cccc(O)c1)C(=O)N1CCCC(C(C)=O)N1. The van der Waals surface area contributed by atoms with E-state index < -0.39 is 6.04 Å². The average molecular weight is 479 g/mol. The Morgan fingerprint density at radius 3 is 2.32 bits per heavy atom. The molecule has 2 rings (SSSR count). The van der Waals surface area contributed by atoms with Gasteiger partial charge in [-0.3, -0.25) is 19.4 Å². The zero-order valence-corrected chi connectivity index (χ0v) is 21.6. The van der Waals surface area contributed by atoms with Crippen LogP contribution in [-0.2, 0) is 25.6 Å². The van der Waals surface area contributed by atoms with Crippen molar-refractivity contribution in [3.63, 3.8) is 0 Å². The Bertz CT molecular complexity index is 784. The fourth-order valence-electron chi connectivity index (χ4n) is 3.25. The number of benzene rings is 1. The van der Waals surface area contributed by atoms with Gasteiger partial charge in [0.1, 0.15) is 17.8 Å². The second-order valence-electron chi connectivity index (χ2n) is 8.25. The van der Waals surface area contributed by atoms with Gasteiger partial charge in [0.15, 0.2) is 0 Å². The van der Waals surface area contributed by atoms with Gasteiger partial charge in [0.05, 0.1) is 18.1 Å². The van der Waals surface area contributed by atoms with Crippen LogP contribution in [0.5, 0.6) is 5.75 Å². The molecule has 3 unspecified atom stereocenters. The highest BCUT2D eigenvalue weighted by molar-refractivity contribution is 5.84. The third kappa shape index (κ3) is 11.4. The maximum absolute atomic E-state index is 12.6. The third-order valence-electron chi connectivity index (χ3n) is 5.17. The van der Waals surface area contributed by atoms with Crippen molar-refractivity contribution in [2.45, 2.75) is 78.9 Å². The molecule has 1 saturated heterocycles. The van der Waals surface area contributed by atoms with Crippen LogP contribution in [-0.4, -0.2) is 65.7 Å². The predicted octanol–water partition coefficient (Wildman–Crippen LogP) is 1.98. The van der Waals surface area contributed by atoms with Crippen LogP contribution in [0.2, 0.25) is 0 Å². The number of phenolic OH excluding ortho intramolecular Hbond substituents is 1. The second-order valence-corrected chi connectivity index (χ2v) is 8.25. The average Bonchev–Trinajstić information content (AvgIpc) is 2.82. The van der Waals surface area contributed by atoms with Crippen LogP contribution in [0.3, 0.4) is 0 Å². The van der Waals surface area contributed by atoms with E-state index in [-0.39, 0.29) is 41.3 Å². The molecule has 1 aromatic rings. The summed E-state index contributed by atoms with van der Waals surface area (Å²) in [5, 5.41) is 16.6. The van der Waals surface area contributed by atoms with Crippen molar-refractivity contribution in [3.8, 4) is 5.75 Å². The van der Waals surface area contributed by atoms with Crippen LogP contribution >= 0.6 is 0 Å². The summed E-state index contributed by atoms with van der Waals surface area (Å²) in [6.07, 6.45) is 2.81. The first-order chi connectivity index (χ1) is 16.1. The van der Waals surface area contributed by atoms with E-state index in [0.29, 0.717) is 13.0 Å². The summed E-state index contributed by atoms with van der Waals surface area (Å²) >= 11 is 0. The van der Waals surface area contributed by atoms with Gasteiger partial charge in [-0.25, -0.2) is 5.43 Å². The van der Waals surface area contributed by atoms with Gasteiger partial charge in [0.25, 0.3) is 5.91 Å². The van der Waals surface area contributed by atoms with Gasteiger partial charge >= 0.3 is 0 Å². The zero-order chi connectivity index (χ0) is 26.3. The highest BCUT2D eigenvalue weighted by Gasteiger charge is 2.29. The van der Waals surface area contributed by atoms with E-state index >= 15 is 0 Å². The molecule has 0 spiro atoms. The van der Waals surface area contributed by atoms with E-state index in [1.807, 2.05) is 33.8 Å². The molecule has 192 valence electrons. The van der Waals surface area contributed by atoms with Crippen LogP contribution < -0.4 is 16.1 Å². The van der Waals surface area contributed by atoms with Gasteiger partial charge in [-0.15, -0.1) is 0 Å². The molecule has 1 aliphatic rings. The lowest BCUT2D eigenvalue weighted by Gasteiger charge is -2.34. The summed E-state index contributed by atoms with van der Waals surface area (Å²) in [6.45, 7) is 11.3. The number of ketones is 1. The van der Waals surface area contributed by atoms with Crippen molar-refractivity contribution in [3.05, 3.63) is 29.8 Å². The molecule has 1 aliphatic heterocycles. The number of carbonyl (C=O) groups excluding carboxylic acids is 4. The number of amides is 2. The Morgan fingerprint density at radius 1 is 1.24 bits per heavy atom. The van der Waals surface area contributed by atoms with Crippen LogP contribution in [0, 0.1) is 5.92 Å². The third-order valence-corrected chi connectivity index (χ3v) is 5.17. The van der Waals surface area contributed by atoms with E-state index in [1.165, 1.54) is 13.8 Å². The van der Waals surface area contributed by atoms with E-state index in [2.05, 4.69) is 16.1 Å². The Labute approximate surface area is 203 Å². The molecular formula is C25H42N4O5. The first-order valence-electron chi connectivity index (χ1n) is 11.8. The van der Waals surface area contributed by atoms with Crippen molar-refractivity contribution >= 4 is 23.9 Å². The zero-order valence-electron chi connectivity index (χ0n) is 21.6. The maximum atomic E-state index is 12.6. The first kappa shape index (κ1) is 31.2. The summed E-state index contributed by atoms with van der Waals surface area (Å²) in [7, 11) is 1.73. The molecule has 34 heavy (non-hydrogen) atoms. The molecule has 1 heterocycles. The molecule has 2 amide bonds. The number of hydrogen-bond acceptors (Lipinski definition) is 7.